The molecule has 0 unspecified atom stereocenters. The first-order chi connectivity index (χ1) is 8.04. The predicted octanol–water partition coefficient (Wildman–Crippen LogP) is 4.10. The fourth-order valence-electron chi connectivity index (χ4n) is 1.82. The molecule has 1 aromatic carbocycles. The zero-order valence-electron chi connectivity index (χ0n) is 9.67. The molecule has 2 aromatic rings. The summed E-state index contributed by atoms with van der Waals surface area (Å²) in [6.45, 7) is 4.18. The van der Waals surface area contributed by atoms with Crippen LogP contribution in [0.25, 0.3) is 0 Å². The topological polar surface area (TPSA) is 25.8 Å². The molecule has 0 fully saturated rings. The van der Waals surface area contributed by atoms with Crippen molar-refractivity contribution < 1.29 is 0 Å². The van der Waals surface area contributed by atoms with Gasteiger partial charge in [0.05, 0.1) is 4.47 Å². The summed E-state index contributed by atoms with van der Waals surface area (Å²) >= 11 is 9.23. The van der Waals surface area contributed by atoms with E-state index in [0.717, 1.165) is 10.3 Å². The van der Waals surface area contributed by atoms with E-state index in [1.165, 1.54) is 16.7 Å². The smallest absolute Gasteiger partial charge is 0.146 e. The van der Waals surface area contributed by atoms with Crippen molar-refractivity contribution >= 4 is 27.5 Å². The third-order valence-electron chi connectivity index (χ3n) is 2.39. The zero-order chi connectivity index (χ0) is 12.4. The minimum atomic E-state index is 0.458. The molecule has 0 aliphatic rings. The summed E-state index contributed by atoms with van der Waals surface area (Å²) in [6.07, 6.45) is 2.39. The standard InChI is InChI=1S/C13H12BrClN2/c1-8-3-9(2)5-10(4-8)6-12-16-7-11(14)13(15)17-12/h3-5,7H,6H2,1-2H3. The van der Waals surface area contributed by atoms with Gasteiger partial charge in [0.25, 0.3) is 0 Å². The van der Waals surface area contributed by atoms with Crippen LogP contribution in [0.15, 0.2) is 28.9 Å². The molecule has 1 aromatic heterocycles. The van der Waals surface area contributed by atoms with Gasteiger partial charge in [-0.2, -0.15) is 0 Å². The Balaban J connectivity index is 2.28. The molecular weight excluding hydrogens is 300 g/mol. The highest BCUT2D eigenvalue weighted by Gasteiger charge is 2.04. The maximum atomic E-state index is 5.94. The molecule has 0 radical (unpaired) electrons. The highest BCUT2D eigenvalue weighted by molar-refractivity contribution is 9.10. The Bertz CT molecular complexity index is 535. The summed E-state index contributed by atoms with van der Waals surface area (Å²) in [7, 11) is 0. The van der Waals surface area contributed by atoms with Crippen molar-refractivity contribution in [2.45, 2.75) is 20.3 Å². The van der Waals surface area contributed by atoms with E-state index in [-0.39, 0.29) is 0 Å². The predicted molar refractivity (Wildman–Crippen MR) is 73.5 cm³/mol. The number of aryl methyl sites for hydroxylation is 2. The molecule has 0 saturated heterocycles. The average molecular weight is 312 g/mol. The van der Waals surface area contributed by atoms with Crippen LogP contribution in [0.3, 0.4) is 0 Å². The quantitative estimate of drug-likeness (QED) is 0.780. The van der Waals surface area contributed by atoms with Gasteiger partial charge in [-0.15, -0.1) is 0 Å². The lowest BCUT2D eigenvalue weighted by molar-refractivity contribution is 0.959. The van der Waals surface area contributed by atoms with Gasteiger partial charge in [-0.1, -0.05) is 40.9 Å². The van der Waals surface area contributed by atoms with E-state index in [9.17, 15) is 0 Å². The molecule has 2 nitrogen and oxygen atoms in total. The minimum Gasteiger partial charge on any atom is -0.240 e. The highest BCUT2D eigenvalue weighted by atomic mass is 79.9. The van der Waals surface area contributed by atoms with Crippen LogP contribution in [0.2, 0.25) is 5.15 Å². The molecule has 2 rings (SSSR count). The van der Waals surface area contributed by atoms with Gasteiger partial charge in [-0.05, 0) is 35.3 Å². The van der Waals surface area contributed by atoms with Crippen molar-refractivity contribution in [2.75, 3.05) is 0 Å². The molecule has 17 heavy (non-hydrogen) atoms. The van der Waals surface area contributed by atoms with E-state index in [1.54, 1.807) is 6.20 Å². The second-order valence-electron chi connectivity index (χ2n) is 4.10. The minimum absolute atomic E-state index is 0.458. The van der Waals surface area contributed by atoms with Crippen LogP contribution >= 0.6 is 27.5 Å². The second-order valence-corrected chi connectivity index (χ2v) is 5.31. The lowest BCUT2D eigenvalue weighted by Gasteiger charge is -2.05. The monoisotopic (exact) mass is 310 g/mol. The molecule has 0 aliphatic carbocycles. The number of rotatable bonds is 2. The second kappa shape index (κ2) is 5.15. The first-order valence-electron chi connectivity index (χ1n) is 5.28. The van der Waals surface area contributed by atoms with Crippen molar-refractivity contribution in [1.82, 2.24) is 9.97 Å². The number of halogens is 2. The largest absolute Gasteiger partial charge is 0.240 e. The van der Waals surface area contributed by atoms with Crippen LogP contribution in [0.4, 0.5) is 0 Å². The van der Waals surface area contributed by atoms with Crippen LogP contribution in [-0.4, -0.2) is 9.97 Å². The highest BCUT2D eigenvalue weighted by Crippen LogP contribution is 2.19. The Morgan fingerprint density at radius 3 is 2.41 bits per heavy atom. The molecule has 0 saturated carbocycles. The molecule has 0 spiro atoms. The van der Waals surface area contributed by atoms with E-state index in [1.807, 2.05) is 0 Å². The van der Waals surface area contributed by atoms with Gasteiger partial charge in [-0.3, -0.25) is 0 Å². The van der Waals surface area contributed by atoms with E-state index in [0.29, 0.717) is 11.6 Å². The SMILES string of the molecule is Cc1cc(C)cc(Cc2ncc(Br)c(Cl)n2)c1. The average Bonchev–Trinajstić information content (AvgIpc) is 2.22. The van der Waals surface area contributed by atoms with Crippen LogP contribution in [0.5, 0.6) is 0 Å². The van der Waals surface area contributed by atoms with Gasteiger partial charge < -0.3 is 0 Å². The Morgan fingerprint density at radius 1 is 1.18 bits per heavy atom. The normalized spacial score (nSPS) is 10.6. The van der Waals surface area contributed by atoms with Crippen molar-refractivity contribution in [2.24, 2.45) is 0 Å². The van der Waals surface area contributed by atoms with Gasteiger partial charge >= 0.3 is 0 Å². The number of hydrogen-bond acceptors (Lipinski definition) is 2. The lowest BCUT2D eigenvalue weighted by Crippen LogP contribution is -1.97. The molecule has 0 atom stereocenters. The van der Waals surface area contributed by atoms with Gasteiger partial charge in [0, 0.05) is 12.6 Å². The molecule has 88 valence electrons. The van der Waals surface area contributed by atoms with Crippen LogP contribution < -0.4 is 0 Å². The van der Waals surface area contributed by atoms with Gasteiger partial charge in [0.1, 0.15) is 11.0 Å². The molecule has 0 amide bonds. The third kappa shape index (κ3) is 3.27. The fraction of sp³-hybridized carbons (Fsp3) is 0.231. The van der Waals surface area contributed by atoms with E-state index in [2.05, 4.69) is 57.9 Å². The zero-order valence-corrected chi connectivity index (χ0v) is 12.0. The third-order valence-corrected chi connectivity index (χ3v) is 3.49. The summed E-state index contributed by atoms with van der Waals surface area (Å²) in [5.74, 6) is 0.739. The molecule has 0 bridgehead atoms. The van der Waals surface area contributed by atoms with Gasteiger partial charge in [-0.25, -0.2) is 9.97 Å². The molecule has 0 N–H and O–H groups in total. The summed E-state index contributed by atoms with van der Waals surface area (Å²) in [5.41, 5.74) is 3.72. The lowest BCUT2D eigenvalue weighted by atomic mass is 10.0. The van der Waals surface area contributed by atoms with E-state index in [4.69, 9.17) is 11.6 Å². The Kier molecular flexibility index (Phi) is 3.79. The number of hydrogen-bond donors (Lipinski definition) is 0. The Morgan fingerprint density at radius 2 is 1.82 bits per heavy atom. The molecule has 0 aliphatic heterocycles. The van der Waals surface area contributed by atoms with Crippen molar-refractivity contribution in [3.63, 3.8) is 0 Å². The van der Waals surface area contributed by atoms with E-state index >= 15 is 0 Å². The van der Waals surface area contributed by atoms with Crippen molar-refractivity contribution in [3.8, 4) is 0 Å². The molecular formula is C13H12BrClN2. The first kappa shape index (κ1) is 12.5. The van der Waals surface area contributed by atoms with Crippen LogP contribution in [-0.2, 0) is 6.42 Å². The van der Waals surface area contributed by atoms with Crippen LogP contribution in [0, 0.1) is 13.8 Å². The number of benzene rings is 1. The maximum Gasteiger partial charge on any atom is 0.146 e. The van der Waals surface area contributed by atoms with Crippen LogP contribution in [0.1, 0.15) is 22.5 Å². The van der Waals surface area contributed by atoms with Crippen molar-refractivity contribution in [1.29, 1.82) is 0 Å². The number of aromatic nitrogens is 2. The van der Waals surface area contributed by atoms with Crippen molar-refractivity contribution in [3.05, 3.63) is 56.5 Å². The van der Waals surface area contributed by atoms with E-state index < -0.39 is 0 Å². The van der Waals surface area contributed by atoms with Gasteiger partial charge in [0.15, 0.2) is 0 Å². The molecule has 4 heteroatoms. The summed E-state index contributed by atoms with van der Waals surface area (Å²) in [5, 5.41) is 0.458. The Labute approximate surface area is 114 Å². The number of nitrogens with zero attached hydrogens (tertiary/aromatic N) is 2. The summed E-state index contributed by atoms with van der Waals surface area (Å²) in [6, 6.07) is 6.44. The maximum absolute atomic E-state index is 5.94. The summed E-state index contributed by atoms with van der Waals surface area (Å²) in [4.78, 5) is 8.49. The fourth-order valence-corrected chi connectivity index (χ4v) is 2.16. The Hall–Kier alpha value is -0.930. The van der Waals surface area contributed by atoms with Gasteiger partial charge in [0.2, 0.25) is 0 Å². The first-order valence-corrected chi connectivity index (χ1v) is 6.46. The molecule has 1 heterocycles. The summed E-state index contributed by atoms with van der Waals surface area (Å²) < 4.78 is 0.725.